The van der Waals surface area contributed by atoms with Crippen molar-refractivity contribution >= 4 is 26.5 Å². The van der Waals surface area contributed by atoms with Crippen LogP contribution < -0.4 is 0 Å². The highest BCUT2D eigenvalue weighted by molar-refractivity contribution is 7.86. The van der Waals surface area contributed by atoms with Gasteiger partial charge in [-0.2, -0.15) is 17.0 Å². The molecule has 29 heavy (non-hydrogen) atoms. The molecule has 1 aromatic carbocycles. The van der Waals surface area contributed by atoms with E-state index in [0.29, 0.717) is 52.2 Å². The fourth-order valence-electron chi connectivity index (χ4n) is 4.45. The molecule has 154 valence electrons. The molecular formula is C20H24N4O3S2. The predicted molar refractivity (Wildman–Crippen MR) is 112 cm³/mol. The topological polar surface area (TPSA) is 67.2 Å². The predicted octanol–water partition coefficient (Wildman–Crippen LogP) is 2.35. The summed E-state index contributed by atoms with van der Waals surface area (Å²) in [5, 5.41) is 2.03. The van der Waals surface area contributed by atoms with Gasteiger partial charge in [0.05, 0.1) is 18.9 Å². The zero-order chi connectivity index (χ0) is 19.9. The van der Waals surface area contributed by atoms with Gasteiger partial charge in [-0.1, -0.05) is 30.3 Å². The number of rotatable bonds is 4. The SMILES string of the molecule is O=S(=O)(N1CCOCC1)N1CCC(c2ccccc2)(c2cn3ccsc3n2)CC1. The first kappa shape index (κ1) is 19.2. The Morgan fingerprint density at radius 2 is 1.69 bits per heavy atom. The minimum absolute atomic E-state index is 0.274. The van der Waals surface area contributed by atoms with Gasteiger partial charge in [0.2, 0.25) is 0 Å². The molecule has 0 bridgehead atoms. The molecule has 0 radical (unpaired) electrons. The molecule has 0 spiro atoms. The van der Waals surface area contributed by atoms with Crippen LogP contribution in [-0.4, -0.2) is 65.8 Å². The van der Waals surface area contributed by atoms with Crippen LogP contribution in [0.1, 0.15) is 24.1 Å². The van der Waals surface area contributed by atoms with Gasteiger partial charge >= 0.3 is 0 Å². The van der Waals surface area contributed by atoms with E-state index in [0.717, 1.165) is 10.7 Å². The number of ether oxygens (including phenoxy) is 1. The van der Waals surface area contributed by atoms with Crippen LogP contribution in [0.3, 0.4) is 0 Å². The van der Waals surface area contributed by atoms with E-state index in [1.54, 1.807) is 19.9 Å². The molecule has 0 amide bonds. The average molecular weight is 433 g/mol. The highest BCUT2D eigenvalue weighted by Crippen LogP contribution is 2.42. The van der Waals surface area contributed by atoms with E-state index in [1.165, 1.54) is 5.56 Å². The molecular weight excluding hydrogens is 408 g/mol. The zero-order valence-corrected chi connectivity index (χ0v) is 17.7. The third kappa shape index (κ3) is 3.30. The van der Waals surface area contributed by atoms with Crippen molar-refractivity contribution in [3.8, 4) is 0 Å². The fourth-order valence-corrected chi connectivity index (χ4v) is 6.73. The van der Waals surface area contributed by atoms with E-state index in [4.69, 9.17) is 9.72 Å². The maximum atomic E-state index is 13.1. The Morgan fingerprint density at radius 3 is 2.38 bits per heavy atom. The summed E-state index contributed by atoms with van der Waals surface area (Å²) in [6.45, 7) is 2.76. The van der Waals surface area contributed by atoms with Gasteiger partial charge < -0.3 is 4.74 Å². The number of nitrogens with zero attached hydrogens (tertiary/aromatic N) is 4. The normalized spacial score (nSPS) is 21.5. The molecule has 0 N–H and O–H groups in total. The molecule has 2 fully saturated rings. The molecule has 2 aliphatic heterocycles. The average Bonchev–Trinajstić information content (AvgIpc) is 3.38. The zero-order valence-electron chi connectivity index (χ0n) is 16.1. The lowest BCUT2D eigenvalue weighted by atomic mass is 9.71. The third-order valence-electron chi connectivity index (χ3n) is 6.11. The quantitative estimate of drug-likeness (QED) is 0.635. The van der Waals surface area contributed by atoms with E-state index >= 15 is 0 Å². The van der Waals surface area contributed by atoms with Crippen molar-refractivity contribution in [1.29, 1.82) is 0 Å². The van der Waals surface area contributed by atoms with Gasteiger partial charge in [0, 0.05) is 49.4 Å². The molecule has 5 rings (SSSR count). The van der Waals surface area contributed by atoms with Crippen molar-refractivity contribution in [1.82, 2.24) is 18.0 Å². The number of hydrogen-bond donors (Lipinski definition) is 0. The summed E-state index contributed by atoms with van der Waals surface area (Å²) >= 11 is 1.62. The van der Waals surface area contributed by atoms with E-state index in [-0.39, 0.29) is 5.41 Å². The van der Waals surface area contributed by atoms with Crippen molar-refractivity contribution < 1.29 is 13.2 Å². The number of hydrogen-bond acceptors (Lipinski definition) is 5. The van der Waals surface area contributed by atoms with Gasteiger partial charge in [0.25, 0.3) is 10.2 Å². The van der Waals surface area contributed by atoms with Gasteiger partial charge in [0.15, 0.2) is 4.96 Å². The van der Waals surface area contributed by atoms with Crippen molar-refractivity contribution in [2.75, 3.05) is 39.4 Å². The molecule has 0 atom stereocenters. The van der Waals surface area contributed by atoms with E-state index < -0.39 is 10.2 Å². The molecule has 0 unspecified atom stereocenters. The van der Waals surface area contributed by atoms with Crippen LogP contribution in [-0.2, 0) is 20.4 Å². The molecule has 9 heteroatoms. The minimum Gasteiger partial charge on any atom is -0.379 e. The Labute approximate surface area is 174 Å². The lowest BCUT2D eigenvalue weighted by molar-refractivity contribution is 0.0692. The van der Waals surface area contributed by atoms with Gasteiger partial charge in [-0.15, -0.1) is 11.3 Å². The van der Waals surface area contributed by atoms with Crippen LogP contribution >= 0.6 is 11.3 Å². The second-order valence-corrected chi connectivity index (χ2v) is 10.4. The summed E-state index contributed by atoms with van der Waals surface area (Å²) in [6.07, 6.45) is 5.55. The molecule has 2 aromatic heterocycles. The van der Waals surface area contributed by atoms with Gasteiger partial charge in [-0.25, -0.2) is 4.98 Å². The fraction of sp³-hybridized carbons (Fsp3) is 0.450. The number of aromatic nitrogens is 2. The maximum Gasteiger partial charge on any atom is 0.282 e. The third-order valence-corrected chi connectivity index (χ3v) is 8.91. The Balaban J connectivity index is 1.46. The van der Waals surface area contributed by atoms with Crippen LogP contribution in [0.4, 0.5) is 0 Å². The van der Waals surface area contributed by atoms with Crippen molar-refractivity contribution in [3.05, 3.63) is 59.4 Å². The Kier molecular flexibility index (Phi) is 4.95. The van der Waals surface area contributed by atoms with Crippen molar-refractivity contribution in [2.45, 2.75) is 18.3 Å². The molecule has 0 saturated carbocycles. The smallest absolute Gasteiger partial charge is 0.282 e. The number of benzene rings is 1. The maximum absolute atomic E-state index is 13.1. The second kappa shape index (κ2) is 7.48. The Bertz CT molecular complexity index is 1050. The number of piperidine rings is 1. The summed E-state index contributed by atoms with van der Waals surface area (Å²) in [7, 11) is -3.45. The lowest BCUT2D eigenvalue weighted by Crippen LogP contribution is -2.53. The van der Waals surface area contributed by atoms with Crippen LogP contribution in [0.25, 0.3) is 4.96 Å². The number of fused-ring (bicyclic) bond motifs is 1. The van der Waals surface area contributed by atoms with E-state index in [2.05, 4.69) is 22.7 Å². The number of morpholine rings is 1. The van der Waals surface area contributed by atoms with Crippen LogP contribution in [0.5, 0.6) is 0 Å². The Hall–Kier alpha value is -1.78. The van der Waals surface area contributed by atoms with Gasteiger partial charge in [0.1, 0.15) is 0 Å². The van der Waals surface area contributed by atoms with E-state index in [1.807, 2.05) is 29.8 Å². The molecule has 0 aliphatic carbocycles. The largest absolute Gasteiger partial charge is 0.379 e. The highest BCUT2D eigenvalue weighted by atomic mass is 32.2. The molecule has 2 saturated heterocycles. The molecule has 3 aromatic rings. The summed E-state index contributed by atoms with van der Waals surface area (Å²) in [6, 6.07) is 10.4. The summed E-state index contributed by atoms with van der Waals surface area (Å²) < 4.78 is 36.8. The summed E-state index contributed by atoms with van der Waals surface area (Å²) in [5.41, 5.74) is 1.96. The minimum atomic E-state index is -3.45. The van der Waals surface area contributed by atoms with Crippen LogP contribution in [0, 0.1) is 0 Å². The summed E-state index contributed by atoms with van der Waals surface area (Å²) in [5.74, 6) is 0. The van der Waals surface area contributed by atoms with Gasteiger partial charge in [-0.3, -0.25) is 4.40 Å². The first-order valence-corrected chi connectivity index (χ1v) is 12.2. The van der Waals surface area contributed by atoms with Crippen molar-refractivity contribution in [2.24, 2.45) is 0 Å². The molecule has 4 heterocycles. The first-order chi connectivity index (χ1) is 14.1. The number of imidazole rings is 1. The van der Waals surface area contributed by atoms with Gasteiger partial charge in [-0.05, 0) is 18.4 Å². The monoisotopic (exact) mass is 432 g/mol. The lowest BCUT2D eigenvalue weighted by Gasteiger charge is -2.42. The first-order valence-electron chi connectivity index (χ1n) is 9.91. The number of thiazole rings is 1. The van der Waals surface area contributed by atoms with Crippen molar-refractivity contribution in [3.63, 3.8) is 0 Å². The standard InChI is InChI=1S/C20H24N4O3S2/c25-29(26,24-10-13-27-14-11-24)23-8-6-20(7-9-23,17-4-2-1-3-5-17)18-16-22-12-15-28-19(22)21-18/h1-5,12,15-16H,6-11,13-14H2. The van der Waals surface area contributed by atoms with Crippen LogP contribution in [0.2, 0.25) is 0 Å². The highest BCUT2D eigenvalue weighted by Gasteiger charge is 2.43. The van der Waals surface area contributed by atoms with Crippen LogP contribution in [0.15, 0.2) is 48.1 Å². The van der Waals surface area contributed by atoms with E-state index in [9.17, 15) is 8.42 Å². The molecule has 2 aliphatic rings. The molecule has 7 nitrogen and oxygen atoms in total. The Morgan fingerprint density at radius 1 is 1.00 bits per heavy atom. The second-order valence-electron chi connectivity index (χ2n) is 7.59. The summed E-state index contributed by atoms with van der Waals surface area (Å²) in [4.78, 5) is 5.88.